The molecule has 0 saturated heterocycles. The number of benzene rings is 1. The fourth-order valence-electron chi connectivity index (χ4n) is 3.76. The lowest BCUT2D eigenvalue weighted by Gasteiger charge is -2.44. The molecule has 0 bridgehead atoms. The van der Waals surface area contributed by atoms with Gasteiger partial charge in [-0.3, -0.25) is 16.2 Å². The molecule has 1 atom stereocenters. The molecule has 3 nitrogen and oxygen atoms in total. The molecule has 0 heterocycles. The average Bonchev–Trinajstić information content (AvgIpc) is 2.40. The molecule has 1 aliphatic rings. The summed E-state index contributed by atoms with van der Waals surface area (Å²) in [6.07, 6.45) is 4.00. The van der Waals surface area contributed by atoms with E-state index in [2.05, 4.69) is 62.3 Å². The monoisotopic (exact) mass is 289 g/mol. The van der Waals surface area contributed by atoms with Crippen molar-refractivity contribution in [2.45, 2.75) is 64.5 Å². The SMILES string of the molecule is CCN(CC)C(C)(C)C(NN)c1ccccc1C1CCC1. The van der Waals surface area contributed by atoms with Crippen LogP contribution >= 0.6 is 0 Å². The third-order valence-electron chi connectivity index (χ3n) is 5.30. The second-order valence-electron chi connectivity index (χ2n) is 6.68. The van der Waals surface area contributed by atoms with Crippen LogP contribution < -0.4 is 11.3 Å². The summed E-state index contributed by atoms with van der Waals surface area (Å²) < 4.78 is 0. The number of hydrogen-bond donors (Lipinski definition) is 2. The van der Waals surface area contributed by atoms with Crippen molar-refractivity contribution in [3.8, 4) is 0 Å². The van der Waals surface area contributed by atoms with Crippen molar-refractivity contribution in [3.05, 3.63) is 35.4 Å². The summed E-state index contributed by atoms with van der Waals surface area (Å²) in [5, 5.41) is 0. The molecular formula is C18H31N3. The lowest BCUT2D eigenvalue weighted by Crippen LogP contribution is -2.54. The highest BCUT2D eigenvalue weighted by molar-refractivity contribution is 5.36. The van der Waals surface area contributed by atoms with E-state index in [1.807, 2.05) is 0 Å². The summed E-state index contributed by atoms with van der Waals surface area (Å²) in [6.45, 7) is 11.1. The van der Waals surface area contributed by atoms with Gasteiger partial charge in [-0.15, -0.1) is 0 Å². The maximum absolute atomic E-state index is 5.99. The predicted molar refractivity (Wildman–Crippen MR) is 90.1 cm³/mol. The Morgan fingerprint density at radius 2 is 1.86 bits per heavy atom. The van der Waals surface area contributed by atoms with E-state index in [4.69, 9.17) is 5.84 Å². The second kappa shape index (κ2) is 6.91. The number of hydrazine groups is 1. The molecule has 1 aromatic carbocycles. The van der Waals surface area contributed by atoms with Crippen LogP contribution in [0.5, 0.6) is 0 Å². The first-order chi connectivity index (χ1) is 10.1. The van der Waals surface area contributed by atoms with E-state index in [9.17, 15) is 0 Å². The Hall–Kier alpha value is -0.900. The third kappa shape index (κ3) is 3.15. The minimum atomic E-state index is -0.0158. The summed E-state index contributed by atoms with van der Waals surface area (Å²) in [4.78, 5) is 2.48. The number of nitrogens with two attached hydrogens (primary N) is 1. The summed E-state index contributed by atoms with van der Waals surface area (Å²) in [5.74, 6) is 6.72. The van der Waals surface area contributed by atoms with Crippen LogP contribution in [0, 0.1) is 0 Å². The van der Waals surface area contributed by atoms with Crippen molar-refractivity contribution < 1.29 is 0 Å². The molecule has 0 amide bonds. The molecule has 1 aliphatic carbocycles. The molecule has 1 saturated carbocycles. The molecule has 3 N–H and O–H groups in total. The standard InChI is InChI=1S/C18H31N3/c1-5-21(6-2)18(3,4)17(20-19)16-13-8-7-12-15(16)14-10-9-11-14/h7-8,12-14,17,20H,5-6,9-11,19H2,1-4H3. The summed E-state index contributed by atoms with van der Waals surface area (Å²) in [6, 6.07) is 9.00. The molecule has 21 heavy (non-hydrogen) atoms. The van der Waals surface area contributed by atoms with E-state index in [0.29, 0.717) is 0 Å². The van der Waals surface area contributed by atoms with Gasteiger partial charge in [0.1, 0.15) is 0 Å². The average molecular weight is 289 g/mol. The highest BCUT2D eigenvalue weighted by Crippen LogP contribution is 2.42. The molecule has 0 radical (unpaired) electrons. The lowest BCUT2D eigenvalue weighted by molar-refractivity contribution is 0.0905. The van der Waals surface area contributed by atoms with Gasteiger partial charge in [0.2, 0.25) is 0 Å². The fourth-order valence-corrected chi connectivity index (χ4v) is 3.76. The number of nitrogens with zero attached hydrogens (tertiary/aromatic N) is 1. The normalized spacial score (nSPS) is 17.8. The maximum Gasteiger partial charge on any atom is 0.0641 e. The van der Waals surface area contributed by atoms with Gasteiger partial charge in [-0.05, 0) is 56.8 Å². The molecular weight excluding hydrogens is 258 g/mol. The topological polar surface area (TPSA) is 41.3 Å². The number of likely N-dealkylation sites (N-methyl/N-ethyl adjacent to an activating group) is 1. The van der Waals surface area contributed by atoms with E-state index in [1.54, 1.807) is 0 Å². The Morgan fingerprint density at radius 1 is 1.24 bits per heavy atom. The van der Waals surface area contributed by atoms with Crippen LogP contribution in [-0.4, -0.2) is 23.5 Å². The molecule has 0 spiro atoms. The molecule has 0 aliphatic heterocycles. The van der Waals surface area contributed by atoms with Crippen molar-refractivity contribution in [3.63, 3.8) is 0 Å². The van der Waals surface area contributed by atoms with Gasteiger partial charge in [0.05, 0.1) is 6.04 Å². The first-order valence-electron chi connectivity index (χ1n) is 8.36. The van der Waals surface area contributed by atoms with Gasteiger partial charge in [0.15, 0.2) is 0 Å². The van der Waals surface area contributed by atoms with Crippen LogP contribution in [0.15, 0.2) is 24.3 Å². The van der Waals surface area contributed by atoms with E-state index in [1.165, 1.54) is 30.4 Å². The Kier molecular flexibility index (Phi) is 5.42. The van der Waals surface area contributed by atoms with Crippen molar-refractivity contribution in [1.82, 2.24) is 10.3 Å². The highest BCUT2D eigenvalue weighted by atomic mass is 15.3. The first-order valence-corrected chi connectivity index (χ1v) is 8.36. The van der Waals surface area contributed by atoms with E-state index >= 15 is 0 Å². The molecule has 3 heteroatoms. The van der Waals surface area contributed by atoms with Crippen LogP contribution in [0.1, 0.15) is 70.0 Å². The molecule has 118 valence electrons. The zero-order valence-electron chi connectivity index (χ0n) is 14.0. The van der Waals surface area contributed by atoms with Gasteiger partial charge in [0, 0.05) is 5.54 Å². The van der Waals surface area contributed by atoms with Crippen LogP contribution in [0.25, 0.3) is 0 Å². The third-order valence-corrected chi connectivity index (χ3v) is 5.30. The largest absolute Gasteiger partial charge is 0.297 e. The molecule has 1 unspecified atom stereocenters. The lowest BCUT2D eigenvalue weighted by atomic mass is 9.75. The smallest absolute Gasteiger partial charge is 0.0641 e. The molecule has 2 rings (SSSR count). The summed E-state index contributed by atoms with van der Waals surface area (Å²) >= 11 is 0. The Balaban J connectivity index is 2.37. The quantitative estimate of drug-likeness (QED) is 0.595. The highest BCUT2D eigenvalue weighted by Gasteiger charge is 2.36. The fraction of sp³-hybridized carbons (Fsp3) is 0.667. The minimum Gasteiger partial charge on any atom is -0.297 e. The van der Waals surface area contributed by atoms with Gasteiger partial charge in [-0.25, -0.2) is 0 Å². The predicted octanol–water partition coefficient (Wildman–Crippen LogP) is 3.58. The summed E-state index contributed by atoms with van der Waals surface area (Å²) in [7, 11) is 0. The zero-order valence-corrected chi connectivity index (χ0v) is 14.0. The van der Waals surface area contributed by atoms with Crippen LogP contribution in [0.2, 0.25) is 0 Å². The minimum absolute atomic E-state index is 0.0158. The van der Waals surface area contributed by atoms with Crippen LogP contribution in [-0.2, 0) is 0 Å². The van der Waals surface area contributed by atoms with Gasteiger partial charge in [-0.2, -0.15) is 0 Å². The van der Waals surface area contributed by atoms with Crippen molar-refractivity contribution in [2.24, 2.45) is 5.84 Å². The van der Waals surface area contributed by atoms with Crippen molar-refractivity contribution in [1.29, 1.82) is 0 Å². The van der Waals surface area contributed by atoms with E-state index in [0.717, 1.165) is 19.0 Å². The summed E-state index contributed by atoms with van der Waals surface area (Å²) in [5.41, 5.74) is 5.96. The second-order valence-corrected chi connectivity index (χ2v) is 6.68. The Morgan fingerprint density at radius 3 is 2.33 bits per heavy atom. The van der Waals surface area contributed by atoms with Crippen LogP contribution in [0.4, 0.5) is 0 Å². The van der Waals surface area contributed by atoms with Crippen molar-refractivity contribution >= 4 is 0 Å². The van der Waals surface area contributed by atoms with Crippen molar-refractivity contribution in [2.75, 3.05) is 13.1 Å². The van der Waals surface area contributed by atoms with Gasteiger partial charge in [0.25, 0.3) is 0 Å². The van der Waals surface area contributed by atoms with Gasteiger partial charge >= 0.3 is 0 Å². The van der Waals surface area contributed by atoms with Gasteiger partial charge < -0.3 is 0 Å². The number of nitrogens with one attached hydrogen (secondary N) is 1. The molecule has 0 aromatic heterocycles. The first kappa shape index (κ1) is 16.5. The van der Waals surface area contributed by atoms with Gasteiger partial charge in [-0.1, -0.05) is 44.5 Å². The maximum atomic E-state index is 5.99. The Bertz CT molecular complexity index is 448. The zero-order chi connectivity index (χ0) is 15.5. The number of rotatable bonds is 7. The molecule has 1 aromatic rings. The molecule has 1 fully saturated rings. The van der Waals surface area contributed by atoms with E-state index < -0.39 is 0 Å². The number of hydrogen-bond acceptors (Lipinski definition) is 3. The Labute approximate surface area is 129 Å². The van der Waals surface area contributed by atoms with Crippen LogP contribution in [0.3, 0.4) is 0 Å². The van der Waals surface area contributed by atoms with E-state index in [-0.39, 0.29) is 11.6 Å².